The first-order valence-electron chi connectivity index (χ1n) is 4.53. The summed E-state index contributed by atoms with van der Waals surface area (Å²) in [6.07, 6.45) is 0. The summed E-state index contributed by atoms with van der Waals surface area (Å²) in [7, 11) is 0. The summed E-state index contributed by atoms with van der Waals surface area (Å²) < 4.78 is 13.3. The van der Waals surface area contributed by atoms with Crippen molar-refractivity contribution in [2.75, 3.05) is 18.4 Å². The fourth-order valence-electron chi connectivity index (χ4n) is 1.08. The van der Waals surface area contributed by atoms with Gasteiger partial charge in [0.1, 0.15) is 0 Å². The zero-order valence-electron chi connectivity index (χ0n) is 8.31. The average Bonchev–Trinajstić information content (AvgIpc) is 2.18. The van der Waals surface area contributed by atoms with Crippen LogP contribution in [0.2, 0.25) is 5.02 Å². The highest BCUT2D eigenvalue weighted by molar-refractivity contribution is 6.31. The molecule has 0 heterocycles. The Balaban J connectivity index is 2.44. The Morgan fingerprint density at radius 1 is 1.47 bits per heavy atom. The minimum absolute atomic E-state index is 0.0829. The Morgan fingerprint density at radius 2 is 2.20 bits per heavy atom. The van der Waals surface area contributed by atoms with Crippen LogP contribution in [-0.2, 0) is 4.79 Å². The van der Waals surface area contributed by atoms with Gasteiger partial charge in [-0.15, -0.1) is 0 Å². The zero-order chi connectivity index (χ0) is 11.3. The Hall–Kier alpha value is -1.29. The number of halogens is 2. The maximum atomic E-state index is 13.3. The van der Waals surface area contributed by atoms with Crippen LogP contribution in [0.4, 0.5) is 10.1 Å². The Labute approximate surface area is 92.6 Å². The van der Waals surface area contributed by atoms with Crippen LogP contribution in [0.1, 0.15) is 6.92 Å². The molecule has 3 nitrogen and oxygen atoms in total. The highest BCUT2D eigenvalue weighted by Gasteiger charge is 2.04. The minimum atomic E-state index is -0.470. The van der Waals surface area contributed by atoms with Crippen LogP contribution in [0, 0.1) is 5.82 Å². The van der Waals surface area contributed by atoms with Crippen molar-refractivity contribution in [1.29, 1.82) is 0 Å². The number of benzene rings is 1. The van der Waals surface area contributed by atoms with E-state index < -0.39 is 5.82 Å². The molecule has 1 rings (SSSR count). The minimum Gasteiger partial charge on any atom is -0.381 e. The largest absolute Gasteiger partial charge is 0.381 e. The van der Waals surface area contributed by atoms with Gasteiger partial charge in [0.05, 0.1) is 10.7 Å². The summed E-state index contributed by atoms with van der Waals surface area (Å²) in [4.78, 5) is 10.5. The van der Waals surface area contributed by atoms with E-state index in [-0.39, 0.29) is 10.9 Å². The van der Waals surface area contributed by atoms with Crippen LogP contribution in [0.3, 0.4) is 0 Å². The van der Waals surface area contributed by atoms with Crippen LogP contribution < -0.4 is 10.6 Å². The van der Waals surface area contributed by atoms with Gasteiger partial charge in [0, 0.05) is 20.0 Å². The monoisotopic (exact) mass is 230 g/mol. The number of carbonyl (C=O) groups excluding carboxylic acids is 1. The van der Waals surface area contributed by atoms with Crippen LogP contribution in [0.15, 0.2) is 18.2 Å². The maximum Gasteiger partial charge on any atom is 0.216 e. The predicted octanol–water partition coefficient (Wildman–Crippen LogP) is 2.03. The van der Waals surface area contributed by atoms with E-state index >= 15 is 0 Å². The second-order valence-corrected chi connectivity index (χ2v) is 3.42. The highest BCUT2D eigenvalue weighted by atomic mass is 35.5. The zero-order valence-corrected chi connectivity index (χ0v) is 9.07. The van der Waals surface area contributed by atoms with E-state index in [4.69, 9.17) is 11.6 Å². The molecule has 5 heteroatoms. The second kappa shape index (κ2) is 5.56. The van der Waals surface area contributed by atoms with E-state index in [9.17, 15) is 9.18 Å². The Bertz CT molecular complexity index is 357. The summed E-state index contributed by atoms with van der Waals surface area (Å²) in [6, 6.07) is 4.73. The van der Waals surface area contributed by atoms with Gasteiger partial charge in [0.15, 0.2) is 5.82 Å². The van der Waals surface area contributed by atoms with Gasteiger partial charge in [0.2, 0.25) is 5.91 Å². The smallest absolute Gasteiger partial charge is 0.216 e. The van der Waals surface area contributed by atoms with Gasteiger partial charge >= 0.3 is 0 Å². The van der Waals surface area contributed by atoms with Crippen molar-refractivity contribution in [3.8, 4) is 0 Å². The summed E-state index contributed by atoms with van der Waals surface area (Å²) in [5.41, 5.74) is 0.341. The number of nitrogens with one attached hydrogen (secondary N) is 2. The number of hydrogen-bond donors (Lipinski definition) is 2. The van der Waals surface area contributed by atoms with Gasteiger partial charge in [-0.2, -0.15) is 0 Å². The molecule has 0 unspecified atom stereocenters. The molecule has 0 radical (unpaired) electrons. The van der Waals surface area contributed by atoms with Gasteiger partial charge in [-0.25, -0.2) is 4.39 Å². The van der Waals surface area contributed by atoms with E-state index in [1.165, 1.54) is 13.0 Å². The topological polar surface area (TPSA) is 41.1 Å². The van der Waals surface area contributed by atoms with Crippen LogP contribution in [0.5, 0.6) is 0 Å². The van der Waals surface area contributed by atoms with Gasteiger partial charge in [0.25, 0.3) is 0 Å². The van der Waals surface area contributed by atoms with E-state index in [0.29, 0.717) is 18.8 Å². The molecule has 0 aliphatic heterocycles. The lowest BCUT2D eigenvalue weighted by Crippen LogP contribution is -2.26. The molecule has 15 heavy (non-hydrogen) atoms. The van der Waals surface area contributed by atoms with E-state index in [1.54, 1.807) is 12.1 Å². The Kier molecular flexibility index (Phi) is 4.37. The SMILES string of the molecule is CC(=O)NCCNc1cccc(Cl)c1F. The van der Waals surface area contributed by atoms with E-state index in [1.807, 2.05) is 0 Å². The quantitative estimate of drug-likeness (QED) is 0.778. The van der Waals surface area contributed by atoms with Crippen molar-refractivity contribution >= 4 is 23.2 Å². The molecule has 1 amide bonds. The molecule has 1 aromatic rings. The molecule has 0 atom stereocenters. The third kappa shape index (κ3) is 3.75. The molecular weight excluding hydrogens is 219 g/mol. The molecule has 0 bridgehead atoms. The van der Waals surface area contributed by atoms with E-state index in [2.05, 4.69) is 10.6 Å². The first-order valence-corrected chi connectivity index (χ1v) is 4.91. The van der Waals surface area contributed by atoms with Crippen LogP contribution in [-0.4, -0.2) is 19.0 Å². The molecule has 0 saturated carbocycles. The summed E-state index contributed by atoms with van der Waals surface area (Å²) in [5, 5.41) is 5.51. The number of anilines is 1. The van der Waals surface area contributed by atoms with Crippen molar-refractivity contribution in [3.05, 3.63) is 29.0 Å². The molecule has 0 saturated heterocycles. The van der Waals surface area contributed by atoms with Crippen LogP contribution >= 0.6 is 11.6 Å². The van der Waals surface area contributed by atoms with Crippen molar-refractivity contribution in [2.45, 2.75) is 6.92 Å². The van der Waals surface area contributed by atoms with Crippen molar-refractivity contribution in [2.24, 2.45) is 0 Å². The third-order valence-corrected chi connectivity index (χ3v) is 2.06. The molecule has 82 valence electrons. The maximum absolute atomic E-state index is 13.3. The molecule has 0 aliphatic rings. The van der Waals surface area contributed by atoms with Gasteiger partial charge in [-0.3, -0.25) is 4.79 Å². The second-order valence-electron chi connectivity index (χ2n) is 3.01. The lowest BCUT2D eigenvalue weighted by atomic mass is 10.3. The normalized spacial score (nSPS) is 9.80. The standard InChI is InChI=1S/C10H12ClFN2O/c1-7(15)13-5-6-14-9-4-2-3-8(11)10(9)12/h2-4,14H,5-6H2,1H3,(H,13,15). The summed E-state index contributed by atoms with van der Waals surface area (Å²) >= 11 is 5.59. The lowest BCUT2D eigenvalue weighted by Gasteiger charge is -2.08. The van der Waals surface area contributed by atoms with E-state index in [0.717, 1.165) is 0 Å². The van der Waals surface area contributed by atoms with Crippen molar-refractivity contribution in [1.82, 2.24) is 5.32 Å². The summed E-state index contributed by atoms with van der Waals surface area (Å²) in [5.74, 6) is -0.578. The molecule has 2 N–H and O–H groups in total. The fraction of sp³-hybridized carbons (Fsp3) is 0.300. The molecular formula is C10H12ClFN2O. The Morgan fingerprint density at radius 3 is 2.87 bits per heavy atom. The lowest BCUT2D eigenvalue weighted by molar-refractivity contribution is -0.118. The predicted molar refractivity (Wildman–Crippen MR) is 58.6 cm³/mol. The molecule has 0 aromatic heterocycles. The summed E-state index contributed by atoms with van der Waals surface area (Å²) in [6.45, 7) is 2.33. The number of rotatable bonds is 4. The number of hydrogen-bond acceptors (Lipinski definition) is 2. The van der Waals surface area contributed by atoms with Crippen molar-refractivity contribution in [3.63, 3.8) is 0 Å². The molecule has 1 aromatic carbocycles. The molecule has 0 spiro atoms. The highest BCUT2D eigenvalue weighted by Crippen LogP contribution is 2.21. The van der Waals surface area contributed by atoms with Gasteiger partial charge in [-0.1, -0.05) is 17.7 Å². The van der Waals surface area contributed by atoms with Gasteiger partial charge < -0.3 is 10.6 Å². The van der Waals surface area contributed by atoms with Gasteiger partial charge in [-0.05, 0) is 12.1 Å². The first-order chi connectivity index (χ1) is 7.11. The van der Waals surface area contributed by atoms with Crippen molar-refractivity contribution < 1.29 is 9.18 Å². The molecule has 0 fully saturated rings. The number of amides is 1. The number of carbonyl (C=O) groups is 1. The van der Waals surface area contributed by atoms with Crippen LogP contribution in [0.25, 0.3) is 0 Å². The average molecular weight is 231 g/mol. The molecule has 0 aliphatic carbocycles. The third-order valence-electron chi connectivity index (χ3n) is 1.77. The first kappa shape index (κ1) is 11.8. The fourth-order valence-corrected chi connectivity index (χ4v) is 1.25.